The predicted molar refractivity (Wildman–Crippen MR) is 99.2 cm³/mol. The molecule has 9 heteroatoms. The number of amides is 1. The van der Waals surface area contributed by atoms with Gasteiger partial charge in [0.25, 0.3) is 5.69 Å². The Bertz CT molecular complexity index is 798. The molecular formula is C19H22N2O7. The number of nitrogens with zero attached hydrogens (tertiary/aromatic N) is 1. The number of carbonyl (C=O) groups excluding carboxylic acids is 1. The zero-order valence-corrected chi connectivity index (χ0v) is 15.0. The molecule has 1 amide bonds. The third-order valence-corrected chi connectivity index (χ3v) is 4.10. The molecule has 0 aliphatic carbocycles. The maximum Gasteiger partial charge on any atom is 0.407 e. The fraction of sp³-hybridized carbons (Fsp3) is 0.316. The molecule has 0 aliphatic rings. The van der Waals surface area contributed by atoms with Gasteiger partial charge in [-0.3, -0.25) is 10.1 Å². The lowest BCUT2D eigenvalue weighted by molar-refractivity contribution is -0.386. The van der Waals surface area contributed by atoms with Crippen molar-refractivity contribution in [2.75, 3.05) is 6.54 Å². The van der Waals surface area contributed by atoms with E-state index in [2.05, 4.69) is 5.32 Å². The summed E-state index contributed by atoms with van der Waals surface area (Å²) in [5.41, 5.74) is 0.746. The molecule has 150 valence electrons. The van der Waals surface area contributed by atoms with Crippen LogP contribution in [-0.4, -0.2) is 39.0 Å². The Morgan fingerprint density at radius 1 is 1.18 bits per heavy atom. The van der Waals surface area contributed by atoms with Gasteiger partial charge in [-0.05, 0) is 23.6 Å². The van der Waals surface area contributed by atoms with Gasteiger partial charge >= 0.3 is 6.09 Å². The van der Waals surface area contributed by atoms with Crippen molar-refractivity contribution in [2.45, 2.75) is 31.8 Å². The maximum absolute atomic E-state index is 11.7. The van der Waals surface area contributed by atoms with Gasteiger partial charge < -0.3 is 25.4 Å². The molecule has 2 rings (SSSR count). The van der Waals surface area contributed by atoms with Crippen LogP contribution in [0.2, 0.25) is 0 Å². The average molecular weight is 390 g/mol. The summed E-state index contributed by atoms with van der Waals surface area (Å²) in [7, 11) is 0. The van der Waals surface area contributed by atoms with E-state index in [0.29, 0.717) is 0 Å². The van der Waals surface area contributed by atoms with Gasteiger partial charge in [-0.2, -0.15) is 0 Å². The molecular weight excluding hydrogens is 368 g/mol. The molecule has 0 heterocycles. The second-order valence-corrected chi connectivity index (χ2v) is 6.09. The Hall–Kier alpha value is -3.01. The zero-order valence-electron chi connectivity index (χ0n) is 15.0. The summed E-state index contributed by atoms with van der Waals surface area (Å²) in [6.45, 7) is -0.356. The number of aliphatic hydroxyl groups is 3. The third kappa shape index (κ3) is 6.02. The summed E-state index contributed by atoms with van der Waals surface area (Å²) < 4.78 is 5.03. The van der Waals surface area contributed by atoms with E-state index in [-0.39, 0.29) is 36.4 Å². The highest BCUT2D eigenvalue weighted by atomic mass is 16.6. The molecule has 2 unspecified atom stereocenters. The summed E-state index contributed by atoms with van der Waals surface area (Å²) in [5, 5.41) is 42.9. The molecule has 0 saturated heterocycles. The van der Waals surface area contributed by atoms with Gasteiger partial charge in [-0.1, -0.05) is 36.4 Å². The van der Waals surface area contributed by atoms with Crippen molar-refractivity contribution in [3.05, 3.63) is 75.3 Å². The van der Waals surface area contributed by atoms with Crippen LogP contribution in [0, 0.1) is 10.1 Å². The zero-order chi connectivity index (χ0) is 20.5. The first-order valence-corrected chi connectivity index (χ1v) is 8.61. The number of nitrogens with one attached hydrogen (secondary N) is 1. The lowest BCUT2D eigenvalue weighted by Gasteiger charge is -2.18. The molecule has 9 nitrogen and oxygen atoms in total. The standard InChI is InChI=1S/C19H22N2O7/c22-11-15-7-6-14(10-16(15)21(26)27)18(24)17(23)8-9-20-19(25)28-12-13-4-2-1-3-5-13/h1-7,10,17-18,22-24H,8-9,11-12H2,(H,20,25). The molecule has 2 atom stereocenters. The molecule has 2 aromatic rings. The van der Waals surface area contributed by atoms with Crippen LogP contribution in [0.15, 0.2) is 48.5 Å². The molecule has 0 saturated carbocycles. The maximum atomic E-state index is 11.7. The first-order valence-electron chi connectivity index (χ1n) is 8.61. The van der Waals surface area contributed by atoms with Crippen LogP contribution < -0.4 is 5.32 Å². The number of carbonyl (C=O) groups is 1. The lowest BCUT2D eigenvalue weighted by Crippen LogP contribution is -2.29. The number of hydrogen-bond acceptors (Lipinski definition) is 7. The number of hydrogen-bond donors (Lipinski definition) is 4. The minimum Gasteiger partial charge on any atom is -0.445 e. The van der Waals surface area contributed by atoms with E-state index in [1.807, 2.05) is 30.3 Å². The molecule has 0 fully saturated rings. The topological polar surface area (TPSA) is 142 Å². The normalized spacial score (nSPS) is 12.8. The van der Waals surface area contributed by atoms with Crippen molar-refractivity contribution < 1.29 is 29.8 Å². The number of benzene rings is 2. The van der Waals surface area contributed by atoms with E-state index in [9.17, 15) is 25.1 Å². The van der Waals surface area contributed by atoms with E-state index < -0.39 is 29.8 Å². The monoisotopic (exact) mass is 390 g/mol. The number of rotatable bonds is 9. The van der Waals surface area contributed by atoms with Crippen LogP contribution in [0.5, 0.6) is 0 Å². The minimum atomic E-state index is -1.38. The van der Waals surface area contributed by atoms with E-state index in [1.54, 1.807) is 0 Å². The van der Waals surface area contributed by atoms with Gasteiger partial charge in [0.1, 0.15) is 12.7 Å². The summed E-state index contributed by atoms with van der Waals surface area (Å²) in [5.74, 6) is 0. The highest BCUT2D eigenvalue weighted by Crippen LogP contribution is 2.26. The summed E-state index contributed by atoms with van der Waals surface area (Å²) in [4.78, 5) is 22.0. The van der Waals surface area contributed by atoms with Gasteiger partial charge in [0.05, 0.1) is 23.2 Å². The predicted octanol–water partition coefficient (Wildman–Crippen LogP) is 1.80. The SMILES string of the molecule is O=C(NCCC(O)C(O)c1ccc(CO)c([N+](=O)[O-])c1)OCc1ccccc1. The van der Waals surface area contributed by atoms with Crippen molar-refractivity contribution in [3.63, 3.8) is 0 Å². The first kappa shape index (κ1) is 21.3. The average Bonchev–Trinajstić information content (AvgIpc) is 2.71. The lowest BCUT2D eigenvalue weighted by atomic mass is 9.99. The van der Waals surface area contributed by atoms with Crippen LogP contribution >= 0.6 is 0 Å². The van der Waals surface area contributed by atoms with Gasteiger partial charge in [0.2, 0.25) is 0 Å². The Balaban J connectivity index is 1.82. The second kappa shape index (κ2) is 10.4. The largest absolute Gasteiger partial charge is 0.445 e. The fourth-order valence-electron chi connectivity index (χ4n) is 2.54. The van der Waals surface area contributed by atoms with E-state index in [1.165, 1.54) is 12.1 Å². The van der Waals surface area contributed by atoms with Crippen molar-refractivity contribution in [1.82, 2.24) is 5.32 Å². The molecule has 2 aromatic carbocycles. The number of nitro benzene ring substituents is 1. The van der Waals surface area contributed by atoms with Crippen LogP contribution in [0.1, 0.15) is 29.2 Å². The molecule has 4 N–H and O–H groups in total. The van der Waals surface area contributed by atoms with Crippen molar-refractivity contribution in [1.29, 1.82) is 0 Å². The number of ether oxygens (including phenoxy) is 1. The first-order chi connectivity index (χ1) is 13.4. The Kier molecular flexibility index (Phi) is 7.88. The minimum absolute atomic E-state index is 0.0111. The molecule has 28 heavy (non-hydrogen) atoms. The van der Waals surface area contributed by atoms with E-state index >= 15 is 0 Å². The molecule has 0 aromatic heterocycles. The van der Waals surface area contributed by atoms with Crippen LogP contribution in [0.25, 0.3) is 0 Å². The number of nitro groups is 1. The molecule has 0 spiro atoms. The summed E-state index contributed by atoms with van der Waals surface area (Å²) >= 11 is 0. The van der Waals surface area contributed by atoms with E-state index in [4.69, 9.17) is 9.84 Å². The Morgan fingerprint density at radius 3 is 2.54 bits per heavy atom. The Morgan fingerprint density at radius 2 is 1.89 bits per heavy atom. The molecule has 0 aliphatic heterocycles. The molecule has 0 bridgehead atoms. The van der Waals surface area contributed by atoms with Gasteiger partial charge in [0, 0.05) is 12.6 Å². The van der Waals surface area contributed by atoms with Gasteiger partial charge in [-0.25, -0.2) is 4.79 Å². The number of alkyl carbamates (subject to hydrolysis) is 1. The summed E-state index contributed by atoms with van der Waals surface area (Å²) in [6, 6.07) is 13.0. The van der Waals surface area contributed by atoms with Gasteiger partial charge in [0.15, 0.2) is 0 Å². The van der Waals surface area contributed by atoms with Gasteiger partial charge in [-0.15, -0.1) is 0 Å². The second-order valence-electron chi connectivity index (χ2n) is 6.09. The Labute approximate surface area is 161 Å². The highest BCUT2D eigenvalue weighted by Gasteiger charge is 2.22. The third-order valence-electron chi connectivity index (χ3n) is 4.10. The van der Waals surface area contributed by atoms with Crippen LogP contribution in [0.3, 0.4) is 0 Å². The quantitative estimate of drug-likeness (QED) is 0.378. The van der Waals surface area contributed by atoms with Crippen molar-refractivity contribution in [2.24, 2.45) is 0 Å². The van der Waals surface area contributed by atoms with Crippen molar-refractivity contribution >= 4 is 11.8 Å². The van der Waals surface area contributed by atoms with Crippen LogP contribution in [-0.2, 0) is 18.0 Å². The van der Waals surface area contributed by atoms with Crippen LogP contribution in [0.4, 0.5) is 10.5 Å². The smallest absolute Gasteiger partial charge is 0.407 e. The van der Waals surface area contributed by atoms with E-state index in [0.717, 1.165) is 11.6 Å². The summed E-state index contributed by atoms with van der Waals surface area (Å²) in [6.07, 6.45) is -3.28. The number of aliphatic hydroxyl groups excluding tert-OH is 3. The van der Waals surface area contributed by atoms with Crippen molar-refractivity contribution in [3.8, 4) is 0 Å². The highest BCUT2D eigenvalue weighted by molar-refractivity contribution is 5.67. The molecule has 0 radical (unpaired) electrons. The fourth-order valence-corrected chi connectivity index (χ4v) is 2.54.